The first-order chi connectivity index (χ1) is 14.1. The summed E-state index contributed by atoms with van der Waals surface area (Å²) in [6, 6.07) is 19.4. The molecule has 2 atom stereocenters. The molecule has 1 fully saturated rings. The Labute approximate surface area is 169 Å². The van der Waals surface area contributed by atoms with Crippen LogP contribution in [-0.2, 0) is 6.61 Å². The highest BCUT2D eigenvalue weighted by Gasteiger charge is 2.33. The van der Waals surface area contributed by atoms with Crippen molar-refractivity contribution in [3.8, 4) is 5.75 Å². The van der Waals surface area contributed by atoms with Gasteiger partial charge in [0.1, 0.15) is 23.9 Å². The van der Waals surface area contributed by atoms with E-state index in [4.69, 9.17) is 9.15 Å². The summed E-state index contributed by atoms with van der Waals surface area (Å²) in [4.78, 5) is 14.9. The number of rotatable bonds is 6. The van der Waals surface area contributed by atoms with Crippen LogP contribution in [0.2, 0.25) is 0 Å². The first-order valence-electron chi connectivity index (χ1n) is 9.60. The van der Waals surface area contributed by atoms with Gasteiger partial charge in [-0.25, -0.2) is 4.39 Å². The molecule has 0 radical (unpaired) electrons. The van der Waals surface area contributed by atoms with Gasteiger partial charge >= 0.3 is 0 Å². The molecule has 2 aromatic carbocycles. The Balaban J connectivity index is 1.37. The maximum absolute atomic E-state index is 12.9. The van der Waals surface area contributed by atoms with Crippen LogP contribution in [0, 0.1) is 5.82 Å². The summed E-state index contributed by atoms with van der Waals surface area (Å²) in [5.74, 6) is 1.00. The predicted octanol–water partition coefficient (Wildman–Crippen LogP) is 3.83. The lowest BCUT2D eigenvalue weighted by atomic mass is 9.94. The maximum Gasteiger partial charge on any atom is 0.287 e. The van der Waals surface area contributed by atoms with E-state index in [9.17, 15) is 9.18 Å². The number of carbonyl (C=O) groups excluding carboxylic acids is 1. The van der Waals surface area contributed by atoms with Gasteiger partial charge in [-0.2, -0.15) is 0 Å². The Bertz CT molecular complexity index is 956. The number of ether oxygens (including phenoxy) is 1. The molecule has 1 amide bonds. The van der Waals surface area contributed by atoms with Crippen molar-refractivity contribution in [2.45, 2.75) is 18.6 Å². The fourth-order valence-electron chi connectivity index (χ4n) is 3.69. The number of likely N-dealkylation sites (tertiary alicyclic amines) is 1. The quantitative estimate of drug-likeness (QED) is 0.691. The molecule has 0 saturated carbocycles. The van der Waals surface area contributed by atoms with Crippen LogP contribution in [0.4, 0.5) is 4.39 Å². The highest BCUT2D eigenvalue weighted by molar-refractivity contribution is 5.91. The molecule has 1 aliphatic heterocycles. The molecular formula is C23H23FN2O3. The number of nitrogens with one attached hydrogen (secondary N) is 1. The van der Waals surface area contributed by atoms with E-state index in [1.54, 1.807) is 24.3 Å². The van der Waals surface area contributed by atoms with Gasteiger partial charge in [0.25, 0.3) is 5.91 Å². The molecule has 150 valence electrons. The van der Waals surface area contributed by atoms with Gasteiger partial charge in [-0.1, -0.05) is 30.3 Å². The summed E-state index contributed by atoms with van der Waals surface area (Å²) in [5, 5.41) is 3.11. The van der Waals surface area contributed by atoms with Crippen molar-refractivity contribution in [1.29, 1.82) is 0 Å². The molecule has 5 nitrogen and oxygen atoms in total. The zero-order chi connectivity index (χ0) is 20.2. The van der Waals surface area contributed by atoms with Crippen LogP contribution in [0.5, 0.6) is 5.75 Å². The van der Waals surface area contributed by atoms with Crippen molar-refractivity contribution in [2.75, 3.05) is 20.1 Å². The third kappa shape index (κ3) is 4.66. The lowest BCUT2D eigenvalue weighted by molar-refractivity contribution is 0.0903. The molecule has 1 aromatic heterocycles. The third-order valence-electron chi connectivity index (χ3n) is 5.13. The van der Waals surface area contributed by atoms with E-state index in [1.165, 1.54) is 17.7 Å². The van der Waals surface area contributed by atoms with E-state index >= 15 is 0 Å². The molecule has 2 heterocycles. The molecule has 0 aliphatic carbocycles. The van der Waals surface area contributed by atoms with Crippen LogP contribution in [0.3, 0.4) is 0 Å². The fourth-order valence-corrected chi connectivity index (χ4v) is 3.69. The van der Waals surface area contributed by atoms with E-state index in [0.717, 1.165) is 13.1 Å². The van der Waals surface area contributed by atoms with Crippen LogP contribution >= 0.6 is 0 Å². The highest BCUT2D eigenvalue weighted by atomic mass is 19.1. The van der Waals surface area contributed by atoms with E-state index in [1.807, 2.05) is 18.2 Å². The van der Waals surface area contributed by atoms with E-state index in [2.05, 4.69) is 29.4 Å². The van der Waals surface area contributed by atoms with Crippen LogP contribution < -0.4 is 10.1 Å². The first-order valence-corrected chi connectivity index (χ1v) is 9.60. The molecule has 6 heteroatoms. The minimum absolute atomic E-state index is 0.0129. The summed E-state index contributed by atoms with van der Waals surface area (Å²) in [6.07, 6.45) is 0. The zero-order valence-corrected chi connectivity index (χ0v) is 16.2. The molecular weight excluding hydrogens is 371 g/mol. The standard InChI is InChI=1S/C23H23FN2O3/c1-26-13-20(16-5-3-2-4-6-16)21(14-26)25-23(27)22-12-11-19(29-22)15-28-18-9-7-17(24)8-10-18/h2-12,20-21H,13-15H2,1H3,(H,25,27)/t20-,21-/m0/s1. The Hall–Kier alpha value is -3.12. The summed E-state index contributed by atoms with van der Waals surface area (Å²) in [7, 11) is 2.06. The second-order valence-corrected chi connectivity index (χ2v) is 7.33. The summed E-state index contributed by atoms with van der Waals surface area (Å²) in [6.45, 7) is 1.84. The minimum Gasteiger partial charge on any atom is -0.486 e. The second kappa shape index (κ2) is 8.49. The molecule has 0 unspecified atom stereocenters. The zero-order valence-electron chi connectivity index (χ0n) is 16.2. The Morgan fingerprint density at radius 2 is 1.86 bits per heavy atom. The van der Waals surface area contributed by atoms with E-state index < -0.39 is 0 Å². The number of carbonyl (C=O) groups is 1. The van der Waals surface area contributed by atoms with Gasteiger partial charge in [0.15, 0.2) is 5.76 Å². The lowest BCUT2D eigenvalue weighted by Crippen LogP contribution is -2.39. The Kier molecular flexibility index (Phi) is 5.62. The number of hydrogen-bond donors (Lipinski definition) is 1. The third-order valence-corrected chi connectivity index (χ3v) is 5.13. The number of nitrogens with zero attached hydrogens (tertiary/aromatic N) is 1. The molecule has 1 aliphatic rings. The Morgan fingerprint density at radius 1 is 1.10 bits per heavy atom. The van der Waals surface area contributed by atoms with Crippen molar-refractivity contribution in [2.24, 2.45) is 0 Å². The van der Waals surface area contributed by atoms with Gasteiger partial charge < -0.3 is 19.4 Å². The summed E-state index contributed by atoms with van der Waals surface area (Å²) < 4.78 is 24.2. The molecule has 4 rings (SSSR count). The predicted molar refractivity (Wildman–Crippen MR) is 107 cm³/mol. The number of likely N-dealkylation sites (N-methyl/N-ethyl adjacent to an activating group) is 1. The maximum atomic E-state index is 12.9. The number of halogens is 1. The smallest absolute Gasteiger partial charge is 0.287 e. The van der Waals surface area contributed by atoms with Crippen molar-refractivity contribution >= 4 is 5.91 Å². The highest BCUT2D eigenvalue weighted by Crippen LogP contribution is 2.27. The number of hydrogen-bond acceptors (Lipinski definition) is 4. The van der Waals surface area contributed by atoms with Crippen molar-refractivity contribution in [3.05, 3.63) is 89.6 Å². The number of benzene rings is 2. The Morgan fingerprint density at radius 3 is 2.62 bits per heavy atom. The second-order valence-electron chi connectivity index (χ2n) is 7.33. The largest absolute Gasteiger partial charge is 0.486 e. The van der Waals surface area contributed by atoms with Gasteiger partial charge in [-0.3, -0.25) is 4.79 Å². The van der Waals surface area contributed by atoms with Crippen LogP contribution in [0.25, 0.3) is 0 Å². The van der Waals surface area contributed by atoms with Gasteiger partial charge in [-0.05, 0) is 49.0 Å². The number of amides is 1. The van der Waals surface area contributed by atoms with Gasteiger partial charge in [-0.15, -0.1) is 0 Å². The summed E-state index contributed by atoms with van der Waals surface area (Å²) in [5.41, 5.74) is 1.22. The van der Waals surface area contributed by atoms with Gasteiger partial charge in [0.2, 0.25) is 0 Å². The van der Waals surface area contributed by atoms with E-state index in [0.29, 0.717) is 11.5 Å². The molecule has 3 aromatic rings. The van der Waals surface area contributed by atoms with Crippen LogP contribution in [0.15, 0.2) is 71.1 Å². The molecule has 1 N–H and O–H groups in total. The number of furan rings is 1. The molecule has 1 saturated heterocycles. The normalized spacial score (nSPS) is 19.2. The van der Waals surface area contributed by atoms with E-state index in [-0.39, 0.29) is 36.1 Å². The average molecular weight is 394 g/mol. The topological polar surface area (TPSA) is 54.7 Å². The molecule has 29 heavy (non-hydrogen) atoms. The first kappa shape index (κ1) is 19.2. The molecule has 0 spiro atoms. The van der Waals surface area contributed by atoms with Crippen molar-refractivity contribution < 1.29 is 18.3 Å². The summed E-state index contributed by atoms with van der Waals surface area (Å²) >= 11 is 0. The van der Waals surface area contributed by atoms with Gasteiger partial charge in [0.05, 0.1) is 6.04 Å². The average Bonchev–Trinajstić information content (AvgIpc) is 3.35. The SMILES string of the molecule is CN1C[C@H](NC(=O)c2ccc(COc3ccc(F)cc3)o2)[C@H](c2ccccc2)C1. The molecule has 0 bridgehead atoms. The van der Waals surface area contributed by atoms with Crippen molar-refractivity contribution in [1.82, 2.24) is 10.2 Å². The van der Waals surface area contributed by atoms with Crippen molar-refractivity contribution in [3.63, 3.8) is 0 Å². The van der Waals surface area contributed by atoms with Crippen LogP contribution in [0.1, 0.15) is 27.8 Å². The lowest BCUT2D eigenvalue weighted by Gasteiger charge is -2.19. The minimum atomic E-state index is -0.319. The monoisotopic (exact) mass is 394 g/mol. The van der Waals surface area contributed by atoms with Crippen LogP contribution in [-0.4, -0.2) is 37.0 Å². The fraction of sp³-hybridized carbons (Fsp3) is 0.261. The van der Waals surface area contributed by atoms with Gasteiger partial charge in [0, 0.05) is 19.0 Å².